The number of carbonyl (C=O) groups excluding carboxylic acids is 1. The van der Waals surface area contributed by atoms with Crippen molar-refractivity contribution in [1.29, 1.82) is 0 Å². The summed E-state index contributed by atoms with van der Waals surface area (Å²) in [6.45, 7) is 3.05. The van der Waals surface area contributed by atoms with Gasteiger partial charge in [-0.1, -0.05) is 13.3 Å². The first-order valence-corrected chi connectivity index (χ1v) is 11.8. The molecule has 3 aromatic rings. The number of aryl methyl sites for hydroxylation is 2. The number of pyridine rings is 1. The van der Waals surface area contributed by atoms with Gasteiger partial charge >= 0.3 is 5.69 Å². The van der Waals surface area contributed by atoms with Gasteiger partial charge in [-0.25, -0.2) is 9.78 Å². The summed E-state index contributed by atoms with van der Waals surface area (Å²) >= 11 is 1.28. The summed E-state index contributed by atoms with van der Waals surface area (Å²) in [7, 11) is 3.04. The molecule has 0 saturated heterocycles. The van der Waals surface area contributed by atoms with Gasteiger partial charge in [0.1, 0.15) is 18.9 Å². The van der Waals surface area contributed by atoms with Gasteiger partial charge in [0.05, 0.1) is 11.1 Å². The van der Waals surface area contributed by atoms with Crippen molar-refractivity contribution < 1.29 is 14.3 Å². The van der Waals surface area contributed by atoms with Crippen LogP contribution in [0.1, 0.15) is 25.3 Å². The number of hydrogen-bond acceptors (Lipinski definition) is 7. The molecule has 1 amide bonds. The minimum atomic E-state index is -0.436. The number of nitrogens with one attached hydrogen (secondary N) is 1. The highest BCUT2D eigenvalue weighted by Crippen LogP contribution is 2.33. The number of nitrogens with zero attached hydrogens (tertiary/aromatic N) is 3. The SMILES string of the molecule is CCCCc1cnc2c(c1SCC(=O)Nc1ccc3c(c1)OCCO3)c(=O)n(C)c(=O)n2C. The first kappa shape index (κ1) is 22.9. The number of unbranched alkanes of at least 4 members (excludes halogenated alkanes) is 1. The van der Waals surface area contributed by atoms with Gasteiger partial charge in [-0.05, 0) is 30.5 Å². The van der Waals surface area contributed by atoms with E-state index in [0.717, 1.165) is 29.4 Å². The summed E-state index contributed by atoms with van der Waals surface area (Å²) in [4.78, 5) is 43.2. The molecule has 174 valence electrons. The quantitative estimate of drug-likeness (QED) is 0.529. The van der Waals surface area contributed by atoms with E-state index in [4.69, 9.17) is 9.47 Å². The molecule has 0 saturated carbocycles. The minimum Gasteiger partial charge on any atom is -0.486 e. The molecule has 1 aromatic carbocycles. The average Bonchev–Trinajstić information content (AvgIpc) is 2.83. The van der Waals surface area contributed by atoms with Crippen LogP contribution in [-0.4, -0.2) is 39.0 Å². The summed E-state index contributed by atoms with van der Waals surface area (Å²) in [6, 6.07) is 5.26. The molecular weight excluding hydrogens is 444 g/mol. The Kier molecular flexibility index (Phi) is 6.73. The molecular formula is C23H26N4O5S. The molecule has 33 heavy (non-hydrogen) atoms. The number of thioether (sulfide) groups is 1. The van der Waals surface area contributed by atoms with Crippen molar-refractivity contribution in [3.63, 3.8) is 0 Å². The largest absolute Gasteiger partial charge is 0.486 e. The van der Waals surface area contributed by atoms with Gasteiger partial charge in [-0.15, -0.1) is 11.8 Å². The van der Waals surface area contributed by atoms with E-state index in [-0.39, 0.29) is 11.7 Å². The predicted molar refractivity (Wildman–Crippen MR) is 128 cm³/mol. The lowest BCUT2D eigenvalue weighted by Gasteiger charge is -2.19. The Hall–Kier alpha value is -3.27. The number of hydrogen-bond donors (Lipinski definition) is 1. The van der Waals surface area contributed by atoms with E-state index in [0.29, 0.717) is 46.3 Å². The molecule has 0 atom stereocenters. The van der Waals surface area contributed by atoms with Crippen molar-refractivity contribution in [3.05, 3.63) is 50.8 Å². The van der Waals surface area contributed by atoms with Crippen molar-refractivity contribution in [2.45, 2.75) is 31.1 Å². The molecule has 3 heterocycles. The zero-order valence-corrected chi connectivity index (χ0v) is 19.7. The topological polar surface area (TPSA) is 104 Å². The van der Waals surface area contributed by atoms with Gasteiger partial charge in [-0.3, -0.25) is 18.7 Å². The van der Waals surface area contributed by atoms with E-state index < -0.39 is 11.2 Å². The average molecular weight is 471 g/mol. The van der Waals surface area contributed by atoms with E-state index in [1.165, 1.54) is 23.4 Å². The summed E-state index contributed by atoms with van der Waals surface area (Å²) in [5.41, 5.74) is 0.978. The normalized spacial score (nSPS) is 12.7. The van der Waals surface area contributed by atoms with Crippen LogP contribution in [-0.2, 0) is 25.3 Å². The van der Waals surface area contributed by atoms with E-state index in [9.17, 15) is 14.4 Å². The van der Waals surface area contributed by atoms with Crippen molar-refractivity contribution in [3.8, 4) is 11.5 Å². The maximum absolute atomic E-state index is 13.0. The summed E-state index contributed by atoms with van der Waals surface area (Å²) < 4.78 is 13.5. The zero-order chi connectivity index (χ0) is 23.5. The van der Waals surface area contributed by atoms with Crippen LogP contribution < -0.4 is 26.0 Å². The molecule has 0 bridgehead atoms. The number of benzene rings is 1. The van der Waals surface area contributed by atoms with Gasteiger partial charge in [0, 0.05) is 36.9 Å². The van der Waals surface area contributed by atoms with Crippen molar-refractivity contribution in [1.82, 2.24) is 14.1 Å². The highest BCUT2D eigenvalue weighted by Gasteiger charge is 2.19. The Morgan fingerprint density at radius 3 is 2.67 bits per heavy atom. The zero-order valence-electron chi connectivity index (χ0n) is 18.8. The third-order valence-electron chi connectivity index (χ3n) is 5.47. The molecule has 4 rings (SSSR count). The van der Waals surface area contributed by atoms with Gasteiger partial charge in [0.25, 0.3) is 5.56 Å². The summed E-state index contributed by atoms with van der Waals surface area (Å²) in [6.07, 6.45) is 4.35. The number of rotatable bonds is 7. The number of amides is 1. The summed E-state index contributed by atoms with van der Waals surface area (Å²) in [5, 5.41) is 3.24. The molecule has 1 aliphatic rings. The monoisotopic (exact) mass is 470 g/mol. The van der Waals surface area contributed by atoms with Crippen molar-refractivity contribution in [2.24, 2.45) is 14.1 Å². The fraction of sp³-hybridized carbons (Fsp3) is 0.391. The van der Waals surface area contributed by atoms with Gasteiger partial charge < -0.3 is 14.8 Å². The fourth-order valence-electron chi connectivity index (χ4n) is 3.71. The molecule has 9 nitrogen and oxygen atoms in total. The number of anilines is 1. The van der Waals surface area contributed by atoms with Gasteiger partial charge in [0.2, 0.25) is 5.91 Å². The molecule has 1 N–H and O–H groups in total. The lowest BCUT2D eigenvalue weighted by atomic mass is 10.1. The highest BCUT2D eigenvalue weighted by molar-refractivity contribution is 8.00. The molecule has 2 aromatic heterocycles. The van der Waals surface area contributed by atoms with Crippen LogP contribution in [0.3, 0.4) is 0 Å². The van der Waals surface area contributed by atoms with E-state index in [1.54, 1.807) is 31.4 Å². The van der Waals surface area contributed by atoms with E-state index in [2.05, 4.69) is 17.2 Å². The Balaban J connectivity index is 1.62. The van der Waals surface area contributed by atoms with Crippen LogP contribution in [0.25, 0.3) is 11.0 Å². The molecule has 1 aliphatic heterocycles. The van der Waals surface area contributed by atoms with Crippen LogP contribution in [0, 0.1) is 0 Å². The van der Waals surface area contributed by atoms with Crippen LogP contribution in [0.15, 0.2) is 38.9 Å². The second kappa shape index (κ2) is 9.70. The number of ether oxygens (including phenoxy) is 2. The van der Waals surface area contributed by atoms with E-state index >= 15 is 0 Å². The third-order valence-corrected chi connectivity index (χ3v) is 6.63. The smallest absolute Gasteiger partial charge is 0.332 e. The van der Waals surface area contributed by atoms with E-state index in [1.807, 2.05) is 0 Å². The second-order valence-electron chi connectivity index (χ2n) is 7.82. The number of carbonyl (C=O) groups is 1. The Bertz CT molecular complexity index is 1330. The first-order valence-electron chi connectivity index (χ1n) is 10.8. The van der Waals surface area contributed by atoms with Crippen LogP contribution in [0.4, 0.5) is 5.69 Å². The molecule has 0 fully saturated rings. The predicted octanol–water partition coefficient (Wildman–Crippen LogP) is 2.48. The number of aromatic nitrogens is 3. The van der Waals surface area contributed by atoms with Crippen LogP contribution in [0.5, 0.6) is 11.5 Å². The Labute approximate surface area is 194 Å². The molecule has 0 spiro atoms. The van der Waals surface area contributed by atoms with Crippen molar-refractivity contribution >= 4 is 34.4 Å². The molecule has 0 radical (unpaired) electrons. The Morgan fingerprint density at radius 2 is 1.91 bits per heavy atom. The minimum absolute atomic E-state index is 0.0959. The standard InChI is InChI=1S/C23H26N4O5S/c1-4-5-6-14-12-24-21-19(22(29)27(3)23(30)26(21)2)20(14)33-13-18(28)25-15-7-8-16-17(11-15)32-10-9-31-16/h7-8,11-12H,4-6,9-10,13H2,1-3H3,(H,25,28). The van der Waals surface area contributed by atoms with Crippen molar-refractivity contribution in [2.75, 3.05) is 24.3 Å². The van der Waals surface area contributed by atoms with Crippen LogP contribution in [0.2, 0.25) is 0 Å². The second-order valence-corrected chi connectivity index (χ2v) is 8.80. The first-order chi connectivity index (χ1) is 15.9. The van der Waals surface area contributed by atoms with Gasteiger partial charge in [0.15, 0.2) is 11.5 Å². The van der Waals surface area contributed by atoms with Gasteiger partial charge in [-0.2, -0.15) is 0 Å². The molecule has 0 unspecified atom stereocenters. The maximum Gasteiger partial charge on any atom is 0.332 e. The highest BCUT2D eigenvalue weighted by atomic mass is 32.2. The molecule has 0 aliphatic carbocycles. The lowest BCUT2D eigenvalue weighted by Crippen LogP contribution is -2.37. The summed E-state index contributed by atoms with van der Waals surface area (Å²) in [5.74, 6) is 1.13. The third kappa shape index (κ3) is 4.61. The maximum atomic E-state index is 13.0. The van der Waals surface area contributed by atoms with Crippen LogP contribution >= 0.6 is 11.8 Å². The number of fused-ring (bicyclic) bond motifs is 2. The lowest BCUT2D eigenvalue weighted by molar-refractivity contribution is -0.113. The fourth-order valence-corrected chi connectivity index (χ4v) is 4.72. The molecule has 10 heteroatoms. The Morgan fingerprint density at radius 1 is 1.15 bits per heavy atom.